The zero-order chi connectivity index (χ0) is 12.5. The molecule has 1 rings (SSSR count). The lowest BCUT2D eigenvalue weighted by molar-refractivity contribution is 0.755. The van der Waals surface area contributed by atoms with E-state index in [-0.39, 0.29) is 0 Å². The fraction of sp³-hybridized carbons (Fsp3) is 0.385. The van der Waals surface area contributed by atoms with Crippen molar-refractivity contribution in [2.45, 2.75) is 13.3 Å². The smallest absolute Gasteiger partial charge is 0.136 e. The molecule has 1 aromatic carbocycles. The molecule has 3 nitrogen and oxygen atoms in total. The summed E-state index contributed by atoms with van der Waals surface area (Å²) in [6.07, 6.45) is 2.78. The Hall–Kier alpha value is -1.00. The van der Waals surface area contributed by atoms with E-state index in [2.05, 4.69) is 55.5 Å². The highest BCUT2D eigenvalue weighted by molar-refractivity contribution is 9.10. The van der Waals surface area contributed by atoms with Gasteiger partial charge in [-0.15, -0.1) is 0 Å². The van der Waals surface area contributed by atoms with Crippen molar-refractivity contribution in [3.8, 4) is 0 Å². The number of hydrogen-bond acceptors (Lipinski definition) is 2. The monoisotopic (exact) mass is 295 g/mol. The van der Waals surface area contributed by atoms with E-state index < -0.39 is 0 Å². The van der Waals surface area contributed by atoms with Gasteiger partial charge in [0.1, 0.15) is 5.84 Å². The van der Waals surface area contributed by atoms with E-state index in [1.54, 1.807) is 13.3 Å². The van der Waals surface area contributed by atoms with Gasteiger partial charge < -0.3 is 5.32 Å². The predicted molar refractivity (Wildman–Crippen MR) is 78.2 cm³/mol. The molecule has 0 aromatic heterocycles. The summed E-state index contributed by atoms with van der Waals surface area (Å²) in [7, 11) is 1.76. The molecular formula is C13H18BrN3. The summed E-state index contributed by atoms with van der Waals surface area (Å²) in [5.74, 6) is 0.836. The summed E-state index contributed by atoms with van der Waals surface area (Å²) in [6.45, 7) is 3.55. The van der Waals surface area contributed by atoms with Gasteiger partial charge in [0.15, 0.2) is 0 Å². The highest BCUT2D eigenvalue weighted by Crippen LogP contribution is 2.10. The van der Waals surface area contributed by atoms with E-state index in [9.17, 15) is 0 Å². The molecule has 92 valence electrons. The first-order valence-corrected chi connectivity index (χ1v) is 6.45. The minimum atomic E-state index is 0.720. The third-order valence-corrected chi connectivity index (χ3v) is 2.85. The molecule has 0 amide bonds. The van der Waals surface area contributed by atoms with E-state index in [1.807, 2.05) is 6.92 Å². The second kappa shape index (κ2) is 8.14. The Labute approximate surface area is 111 Å². The Morgan fingerprint density at radius 2 is 2.06 bits per heavy atom. The zero-order valence-corrected chi connectivity index (χ0v) is 11.9. The van der Waals surface area contributed by atoms with Gasteiger partial charge in [-0.25, -0.2) is 4.99 Å². The topological polar surface area (TPSA) is 36.8 Å². The van der Waals surface area contributed by atoms with E-state index in [4.69, 9.17) is 0 Å². The Morgan fingerprint density at radius 1 is 1.35 bits per heavy atom. The van der Waals surface area contributed by atoms with Crippen molar-refractivity contribution in [1.82, 2.24) is 5.32 Å². The number of nitrogens with one attached hydrogen (secondary N) is 1. The number of halogens is 1. The van der Waals surface area contributed by atoms with Crippen molar-refractivity contribution in [1.29, 1.82) is 0 Å². The van der Waals surface area contributed by atoms with Crippen LogP contribution in [-0.4, -0.2) is 32.2 Å². The van der Waals surface area contributed by atoms with E-state index in [0.29, 0.717) is 0 Å². The molecule has 0 aliphatic rings. The molecule has 0 saturated carbocycles. The van der Waals surface area contributed by atoms with Gasteiger partial charge in [-0.1, -0.05) is 28.1 Å². The number of nitrogens with zero attached hydrogens (tertiary/aromatic N) is 2. The van der Waals surface area contributed by atoms with Gasteiger partial charge in [0.05, 0.1) is 6.54 Å². The fourth-order valence-corrected chi connectivity index (χ4v) is 1.68. The lowest BCUT2D eigenvalue weighted by Crippen LogP contribution is -2.24. The lowest BCUT2D eigenvalue weighted by atomic mass is 10.1. The molecule has 4 heteroatoms. The molecular weight excluding hydrogens is 278 g/mol. The SMILES string of the molecule is CC=NC(CNCCc1ccc(Br)cc1)=NC. The molecule has 0 fully saturated rings. The van der Waals surface area contributed by atoms with E-state index in [1.165, 1.54) is 5.56 Å². The van der Waals surface area contributed by atoms with Gasteiger partial charge in [-0.05, 0) is 37.6 Å². The minimum absolute atomic E-state index is 0.720. The second-order valence-electron chi connectivity index (χ2n) is 3.58. The van der Waals surface area contributed by atoms with Crippen LogP contribution in [0.1, 0.15) is 12.5 Å². The molecule has 0 heterocycles. The maximum Gasteiger partial charge on any atom is 0.136 e. The van der Waals surface area contributed by atoms with Crippen molar-refractivity contribution in [3.05, 3.63) is 34.3 Å². The number of hydrogen-bond donors (Lipinski definition) is 1. The molecule has 0 aliphatic heterocycles. The summed E-state index contributed by atoms with van der Waals surface area (Å²) < 4.78 is 1.12. The van der Waals surface area contributed by atoms with Gasteiger partial charge in [0.2, 0.25) is 0 Å². The number of amidine groups is 1. The molecule has 1 aromatic rings. The highest BCUT2D eigenvalue weighted by Gasteiger charge is 1.95. The molecule has 0 bridgehead atoms. The zero-order valence-electron chi connectivity index (χ0n) is 10.3. The van der Waals surface area contributed by atoms with Gasteiger partial charge in [0.25, 0.3) is 0 Å². The molecule has 0 saturated heterocycles. The third-order valence-electron chi connectivity index (χ3n) is 2.32. The summed E-state index contributed by atoms with van der Waals surface area (Å²) in [5.41, 5.74) is 1.33. The molecule has 0 spiro atoms. The molecule has 1 N–H and O–H groups in total. The molecule has 0 unspecified atom stereocenters. The number of rotatable bonds is 5. The number of benzene rings is 1. The van der Waals surface area contributed by atoms with Crippen molar-refractivity contribution >= 4 is 28.0 Å². The van der Waals surface area contributed by atoms with Crippen LogP contribution in [0.5, 0.6) is 0 Å². The summed E-state index contributed by atoms with van der Waals surface area (Å²) in [5, 5.41) is 3.33. The molecule has 17 heavy (non-hydrogen) atoms. The maximum atomic E-state index is 4.16. The van der Waals surface area contributed by atoms with Crippen LogP contribution in [0.2, 0.25) is 0 Å². The van der Waals surface area contributed by atoms with Crippen LogP contribution in [0.15, 0.2) is 38.7 Å². The first kappa shape index (κ1) is 14.1. The number of aliphatic imine (C=N–C) groups is 2. The molecule has 0 atom stereocenters. The maximum absolute atomic E-state index is 4.16. The standard InChI is InChI=1S/C13H18BrN3/c1-3-17-13(15-2)10-16-9-8-11-4-6-12(14)7-5-11/h3-7,16H,8-10H2,1-2H3. The minimum Gasteiger partial charge on any atom is -0.310 e. The summed E-state index contributed by atoms with van der Waals surface area (Å²) >= 11 is 3.43. The Balaban J connectivity index is 2.26. The Kier molecular flexibility index (Phi) is 6.74. The van der Waals surface area contributed by atoms with Crippen LogP contribution in [0.25, 0.3) is 0 Å². The van der Waals surface area contributed by atoms with Crippen molar-refractivity contribution in [2.75, 3.05) is 20.1 Å². The summed E-state index contributed by atoms with van der Waals surface area (Å²) in [6, 6.07) is 8.39. The average molecular weight is 296 g/mol. The van der Waals surface area contributed by atoms with Crippen LogP contribution in [0.3, 0.4) is 0 Å². The van der Waals surface area contributed by atoms with Crippen LogP contribution < -0.4 is 5.32 Å². The van der Waals surface area contributed by atoms with Gasteiger partial charge in [-0.3, -0.25) is 4.99 Å². The van der Waals surface area contributed by atoms with Crippen molar-refractivity contribution in [2.24, 2.45) is 9.98 Å². The van der Waals surface area contributed by atoms with Crippen molar-refractivity contribution < 1.29 is 0 Å². The van der Waals surface area contributed by atoms with Crippen LogP contribution in [0.4, 0.5) is 0 Å². The van der Waals surface area contributed by atoms with Crippen molar-refractivity contribution in [3.63, 3.8) is 0 Å². The predicted octanol–water partition coefficient (Wildman–Crippen LogP) is 2.70. The largest absolute Gasteiger partial charge is 0.310 e. The van der Waals surface area contributed by atoms with Crippen LogP contribution in [0, 0.1) is 0 Å². The van der Waals surface area contributed by atoms with Gasteiger partial charge in [-0.2, -0.15) is 0 Å². The van der Waals surface area contributed by atoms with E-state index in [0.717, 1.165) is 29.8 Å². The fourth-order valence-electron chi connectivity index (χ4n) is 1.42. The van der Waals surface area contributed by atoms with E-state index >= 15 is 0 Å². The first-order valence-electron chi connectivity index (χ1n) is 5.65. The quantitative estimate of drug-likeness (QED) is 0.506. The van der Waals surface area contributed by atoms with Crippen LogP contribution in [-0.2, 0) is 6.42 Å². The van der Waals surface area contributed by atoms with Gasteiger partial charge >= 0.3 is 0 Å². The van der Waals surface area contributed by atoms with Gasteiger partial charge in [0, 0.05) is 17.7 Å². The second-order valence-corrected chi connectivity index (χ2v) is 4.50. The molecule has 0 radical (unpaired) electrons. The summed E-state index contributed by atoms with van der Waals surface area (Å²) in [4.78, 5) is 8.24. The third kappa shape index (κ3) is 5.75. The highest BCUT2D eigenvalue weighted by atomic mass is 79.9. The Bertz CT molecular complexity index is 382. The van der Waals surface area contributed by atoms with Crippen LogP contribution >= 0.6 is 15.9 Å². The first-order chi connectivity index (χ1) is 8.26. The Morgan fingerprint density at radius 3 is 2.65 bits per heavy atom. The normalized spacial score (nSPS) is 12.3. The average Bonchev–Trinajstić information content (AvgIpc) is 2.35. The lowest BCUT2D eigenvalue weighted by Gasteiger charge is -2.04. The molecule has 0 aliphatic carbocycles.